The van der Waals surface area contributed by atoms with Gasteiger partial charge in [0.15, 0.2) is 0 Å². The van der Waals surface area contributed by atoms with Crippen LogP contribution in [0.25, 0.3) is 27.8 Å². The molecule has 0 bridgehead atoms. The fourth-order valence-corrected chi connectivity index (χ4v) is 3.15. The molecule has 0 unspecified atom stereocenters. The summed E-state index contributed by atoms with van der Waals surface area (Å²) in [5, 5.41) is 4.09. The van der Waals surface area contributed by atoms with Gasteiger partial charge in [-0.05, 0) is 34.9 Å². The van der Waals surface area contributed by atoms with E-state index >= 15 is 0 Å². The van der Waals surface area contributed by atoms with E-state index in [0.29, 0.717) is 0 Å². The van der Waals surface area contributed by atoms with Crippen molar-refractivity contribution in [3.8, 4) is 0 Å². The van der Waals surface area contributed by atoms with Crippen LogP contribution < -0.4 is 0 Å². The summed E-state index contributed by atoms with van der Waals surface area (Å²) in [5.41, 5.74) is 4.10. The molecule has 1 heterocycles. The molecule has 0 spiro atoms. The van der Waals surface area contributed by atoms with Crippen molar-refractivity contribution in [2.75, 3.05) is 0 Å². The van der Waals surface area contributed by atoms with Crippen molar-refractivity contribution in [2.45, 2.75) is 6.42 Å². The summed E-state index contributed by atoms with van der Waals surface area (Å²) in [6, 6.07) is 13.1. The van der Waals surface area contributed by atoms with Crippen molar-refractivity contribution in [1.82, 2.24) is 4.57 Å². The first-order valence-electron chi connectivity index (χ1n) is 6.68. The molecule has 0 fully saturated rings. The highest BCUT2D eigenvalue weighted by molar-refractivity contribution is 6.09. The Kier molecular flexibility index (Phi) is 2.16. The quantitative estimate of drug-likeness (QED) is 0.551. The van der Waals surface area contributed by atoms with Gasteiger partial charge in [-0.1, -0.05) is 48.6 Å². The molecule has 0 aliphatic heterocycles. The third kappa shape index (κ3) is 1.42. The van der Waals surface area contributed by atoms with Crippen LogP contribution in [0.5, 0.6) is 0 Å². The lowest BCUT2D eigenvalue weighted by atomic mass is 10.0. The number of nitrogens with zero attached hydrogens (tertiary/aromatic N) is 1. The van der Waals surface area contributed by atoms with Crippen LogP contribution in [0.3, 0.4) is 0 Å². The van der Waals surface area contributed by atoms with E-state index in [9.17, 15) is 0 Å². The van der Waals surface area contributed by atoms with Crippen molar-refractivity contribution in [1.29, 1.82) is 0 Å². The molecule has 1 aliphatic carbocycles. The Morgan fingerprint density at radius 1 is 1.00 bits per heavy atom. The van der Waals surface area contributed by atoms with Gasteiger partial charge >= 0.3 is 0 Å². The van der Waals surface area contributed by atoms with Gasteiger partial charge in [-0.2, -0.15) is 0 Å². The van der Waals surface area contributed by atoms with E-state index in [1.807, 2.05) is 0 Å². The van der Waals surface area contributed by atoms with Gasteiger partial charge in [-0.15, -0.1) is 0 Å². The lowest BCUT2D eigenvalue weighted by Crippen LogP contribution is -1.91. The van der Waals surface area contributed by atoms with Crippen molar-refractivity contribution in [3.63, 3.8) is 0 Å². The number of hydrogen-bond donors (Lipinski definition) is 0. The normalized spacial score (nSPS) is 13.9. The molecule has 1 heteroatoms. The molecule has 1 aromatic heterocycles. The maximum absolute atomic E-state index is 2.31. The molecule has 0 saturated heterocycles. The molecule has 0 radical (unpaired) electrons. The molecule has 3 aromatic rings. The number of aromatic nitrogens is 1. The van der Waals surface area contributed by atoms with E-state index in [0.717, 1.165) is 6.42 Å². The third-order valence-corrected chi connectivity index (χ3v) is 4.06. The molecule has 0 N–H and O–H groups in total. The average molecular weight is 245 g/mol. The van der Waals surface area contributed by atoms with Gasteiger partial charge in [-0.25, -0.2) is 0 Å². The van der Waals surface area contributed by atoms with Crippen molar-refractivity contribution < 1.29 is 0 Å². The van der Waals surface area contributed by atoms with Gasteiger partial charge in [0.2, 0.25) is 0 Å². The van der Waals surface area contributed by atoms with E-state index in [1.165, 1.54) is 32.9 Å². The Labute approximate surface area is 112 Å². The lowest BCUT2D eigenvalue weighted by Gasteiger charge is -2.02. The van der Waals surface area contributed by atoms with Gasteiger partial charge in [0.05, 0.1) is 0 Å². The van der Waals surface area contributed by atoms with Crippen molar-refractivity contribution >= 4 is 27.8 Å². The predicted octanol–water partition coefficient (Wildman–Crippen LogP) is 4.46. The van der Waals surface area contributed by atoms with Crippen LogP contribution in [0.2, 0.25) is 0 Å². The highest BCUT2D eigenvalue weighted by Gasteiger charge is 2.15. The molecule has 19 heavy (non-hydrogen) atoms. The first kappa shape index (κ1) is 10.6. The zero-order valence-electron chi connectivity index (χ0n) is 10.9. The number of aryl methyl sites for hydroxylation is 1. The Morgan fingerprint density at radius 2 is 1.89 bits per heavy atom. The number of fused-ring (bicyclic) bond motifs is 5. The molecular formula is C18H15N. The van der Waals surface area contributed by atoms with Crippen LogP contribution in [0.1, 0.15) is 11.3 Å². The first-order chi connectivity index (χ1) is 9.36. The SMILES string of the molecule is Cn1c2c(c3c4ccccc4ccc31)CC=CC=C2. The second-order valence-electron chi connectivity index (χ2n) is 5.10. The summed E-state index contributed by atoms with van der Waals surface area (Å²) in [7, 11) is 2.16. The molecule has 4 rings (SSSR count). The summed E-state index contributed by atoms with van der Waals surface area (Å²) in [6.45, 7) is 0. The van der Waals surface area contributed by atoms with E-state index < -0.39 is 0 Å². The Balaban J connectivity index is 2.25. The molecule has 2 aromatic carbocycles. The van der Waals surface area contributed by atoms with E-state index in [1.54, 1.807) is 0 Å². The van der Waals surface area contributed by atoms with Gasteiger partial charge < -0.3 is 4.57 Å². The monoisotopic (exact) mass is 245 g/mol. The summed E-state index contributed by atoms with van der Waals surface area (Å²) >= 11 is 0. The molecule has 0 atom stereocenters. The Bertz CT molecular complexity index is 847. The van der Waals surface area contributed by atoms with Gasteiger partial charge in [0.1, 0.15) is 0 Å². The summed E-state index contributed by atoms with van der Waals surface area (Å²) in [6.07, 6.45) is 9.73. The maximum atomic E-state index is 2.31. The number of allylic oxidation sites excluding steroid dienone is 3. The fraction of sp³-hybridized carbons (Fsp3) is 0.111. The molecule has 0 amide bonds. The summed E-state index contributed by atoms with van der Waals surface area (Å²) in [5.74, 6) is 0. The van der Waals surface area contributed by atoms with Gasteiger partial charge in [-0.3, -0.25) is 0 Å². The smallest absolute Gasteiger partial charge is 0.0491 e. The fourth-order valence-electron chi connectivity index (χ4n) is 3.15. The van der Waals surface area contributed by atoms with Crippen LogP contribution in [0.15, 0.2) is 54.6 Å². The van der Waals surface area contributed by atoms with Crippen LogP contribution in [0.4, 0.5) is 0 Å². The zero-order valence-corrected chi connectivity index (χ0v) is 10.9. The highest BCUT2D eigenvalue weighted by atomic mass is 14.9. The zero-order chi connectivity index (χ0) is 12.8. The minimum atomic E-state index is 1.01. The predicted molar refractivity (Wildman–Crippen MR) is 82.3 cm³/mol. The van der Waals surface area contributed by atoms with Crippen LogP contribution in [0, 0.1) is 0 Å². The number of benzene rings is 2. The lowest BCUT2D eigenvalue weighted by molar-refractivity contribution is 0.945. The topological polar surface area (TPSA) is 4.93 Å². The van der Waals surface area contributed by atoms with Crippen LogP contribution in [-0.2, 0) is 13.5 Å². The number of rotatable bonds is 0. The maximum Gasteiger partial charge on any atom is 0.0491 e. The number of hydrogen-bond acceptors (Lipinski definition) is 0. The average Bonchev–Trinajstić information content (AvgIpc) is 2.63. The van der Waals surface area contributed by atoms with E-state index in [4.69, 9.17) is 0 Å². The summed E-state index contributed by atoms with van der Waals surface area (Å²) in [4.78, 5) is 0. The molecule has 1 aliphatic rings. The largest absolute Gasteiger partial charge is 0.344 e. The van der Waals surface area contributed by atoms with Crippen LogP contribution in [-0.4, -0.2) is 4.57 Å². The minimum absolute atomic E-state index is 1.01. The molecule has 92 valence electrons. The standard InChI is InChI=1S/C18H15N/c1-19-16-10-4-2-3-9-15(16)18-14-8-6-5-7-13(14)11-12-17(18)19/h2-8,10-12H,9H2,1H3. The Morgan fingerprint density at radius 3 is 2.84 bits per heavy atom. The van der Waals surface area contributed by atoms with E-state index in [2.05, 4.69) is 72.3 Å². The third-order valence-electron chi connectivity index (χ3n) is 4.06. The summed E-state index contributed by atoms with van der Waals surface area (Å²) < 4.78 is 2.31. The van der Waals surface area contributed by atoms with E-state index in [-0.39, 0.29) is 0 Å². The molecule has 0 saturated carbocycles. The highest BCUT2D eigenvalue weighted by Crippen LogP contribution is 2.34. The first-order valence-corrected chi connectivity index (χ1v) is 6.68. The van der Waals surface area contributed by atoms with Crippen molar-refractivity contribution in [3.05, 3.63) is 65.9 Å². The minimum Gasteiger partial charge on any atom is -0.344 e. The Hall–Kier alpha value is -2.28. The second-order valence-corrected chi connectivity index (χ2v) is 5.10. The van der Waals surface area contributed by atoms with Gasteiger partial charge in [0.25, 0.3) is 0 Å². The van der Waals surface area contributed by atoms with Gasteiger partial charge in [0, 0.05) is 23.6 Å². The second kappa shape index (κ2) is 3.86. The van der Waals surface area contributed by atoms with Crippen LogP contribution >= 0.6 is 0 Å². The molecule has 1 nitrogen and oxygen atoms in total. The van der Waals surface area contributed by atoms with Crippen molar-refractivity contribution in [2.24, 2.45) is 7.05 Å². The molecular weight excluding hydrogens is 230 g/mol.